The first-order valence-corrected chi connectivity index (χ1v) is 5.50. The molecular weight excluding hydrogens is 216 g/mol. The summed E-state index contributed by atoms with van der Waals surface area (Å²) in [7, 11) is 3.59. The van der Waals surface area contributed by atoms with Crippen molar-refractivity contribution in [2.24, 2.45) is 0 Å². The number of nitrogens with zero attached hydrogens (tertiary/aromatic N) is 3. The van der Waals surface area contributed by atoms with Gasteiger partial charge in [0, 0.05) is 32.0 Å². The molecule has 5 nitrogen and oxygen atoms in total. The van der Waals surface area contributed by atoms with E-state index in [0.717, 1.165) is 23.6 Å². The predicted molar refractivity (Wildman–Crippen MR) is 66.9 cm³/mol. The van der Waals surface area contributed by atoms with Crippen molar-refractivity contribution in [3.8, 4) is 11.4 Å². The average molecular weight is 232 g/mol. The lowest BCUT2D eigenvalue weighted by molar-refractivity contribution is 0.187. The Morgan fingerprint density at radius 2 is 2.06 bits per heavy atom. The van der Waals surface area contributed by atoms with E-state index in [9.17, 15) is 0 Å². The van der Waals surface area contributed by atoms with Crippen LogP contribution in [0.2, 0.25) is 0 Å². The maximum atomic E-state index is 5.06. The summed E-state index contributed by atoms with van der Waals surface area (Å²) in [5, 5.41) is 11.2. The van der Waals surface area contributed by atoms with Crippen LogP contribution in [0.1, 0.15) is 0 Å². The minimum absolute atomic E-state index is 0.652. The van der Waals surface area contributed by atoms with Crippen molar-refractivity contribution in [3.05, 3.63) is 30.6 Å². The molecular formula is C12H16N4O. The number of hydrogen-bond acceptors (Lipinski definition) is 4. The van der Waals surface area contributed by atoms with Crippen LogP contribution in [-0.2, 0) is 11.3 Å². The minimum Gasteiger partial charge on any atom is -0.388 e. The maximum absolute atomic E-state index is 5.06. The van der Waals surface area contributed by atoms with E-state index in [2.05, 4.69) is 15.5 Å². The van der Waals surface area contributed by atoms with E-state index in [1.54, 1.807) is 13.4 Å². The molecule has 5 heteroatoms. The van der Waals surface area contributed by atoms with Crippen LogP contribution in [-0.4, -0.2) is 35.5 Å². The quantitative estimate of drug-likeness (QED) is 0.851. The van der Waals surface area contributed by atoms with Gasteiger partial charge in [-0.15, -0.1) is 10.2 Å². The summed E-state index contributed by atoms with van der Waals surface area (Å²) in [4.78, 5) is 0. The average Bonchev–Trinajstić information content (AvgIpc) is 2.84. The molecule has 2 rings (SSSR count). The first-order valence-electron chi connectivity index (χ1n) is 5.50. The van der Waals surface area contributed by atoms with E-state index in [-0.39, 0.29) is 0 Å². The lowest BCUT2D eigenvalue weighted by atomic mass is 10.2. The molecule has 0 saturated heterocycles. The van der Waals surface area contributed by atoms with Gasteiger partial charge in [0.1, 0.15) is 6.33 Å². The van der Waals surface area contributed by atoms with E-state index < -0.39 is 0 Å². The molecule has 1 N–H and O–H groups in total. The van der Waals surface area contributed by atoms with Gasteiger partial charge in [-0.25, -0.2) is 0 Å². The molecule has 1 aromatic carbocycles. The smallest absolute Gasteiger partial charge is 0.163 e. The zero-order valence-corrected chi connectivity index (χ0v) is 10.1. The number of anilines is 1. The van der Waals surface area contributed by atoms with Gasteiger partial charge in [-0.2, -0.15) is 0 Å². The fraction of sp³-hybridized carbons (Fsp3) is 0.333. The second-order valence-corrected chi connectivity index (χ2v) is 3.67. The van der Waals surface area contributed by atoms with E-state index in [1.807, 2.05) is 35.9 Å². The molecule has 1 heterocycles. The third-order valence-corrected chi connectivity index (χ3v) is 2.58. The summed E-state index contributed by atoms with van der Waals surface area (Å²) in [5.41, 5.74) is 2.13. The number of rotatable bonds is 5. The number of nitrogens with one attached hydrogen (secondary N) is 1. The summed E-state index contributed by atoms with van der Waals surface area (Å²) < 4.78 is 7.04. The monoisotopic (exact) mass is 232 g/mol. The fourth-order valence-corrected chi connectivity index (χ4v) is 1.62. The molecule has 2 aromatic rings. The SMILES string of the molecule is CNc1ccc(-c2nncn2CCOC)cc1. The van der Waals surface area contributed by atoms with Gasteiger partial charge in [0.2, 0.25) is 0 Å². The Hall–Kier alpha value is -1.88. The van der Waals surface area contributed by atoms with Gasteiger partial charge in [0.25, 0.3) is 0 Å². The first kappa shape index (κ1) is 11.6. The zero-order chi connectivity index (χ0) is 12.1. The third-order valence-electron chi connectivity index (χ3n) is 2.58. The van der Waals surface area contributed by atoms with Crippen LogP contribution in [0.25, 0.3) is 11.4 Å². The molecule has 0 aliphatic rings. The summed E-state index contributed by atoms with van der Waals surface area (Å²) in [6, 6.07) is 8.09. The highest BCUT2D eigenvalue weighted by atomic mass is 16.5. The van der Waals surface area contributed by atoms with Gasteiger partial charge in [-0.1, -0.05) is 0 Å². The van der Waals surface area contributed by atoms with Crippen LogP contribution in [0.5, 0.6) is 0 Å². The molecule has 0 amide bonds. The summed E-state index contributed by atoms with van der Waals surface area (Å²) >= 11 is 0. The fourth-order valence-electron chi connectivity index (χ4n) is 1.62. The highest BCUT2D eigenvalue weighted by Gasteiger charge is 2.06. The van der Waals surface area contributed by atoms with Gasteiger partial charge in [0.05, 0.1) is 6.61 Å². The number of methoxy groups -OCH3 is 1. The van der Waals surface area contributed by atoms with E-state index in [0.29, 0.717) is 6.61 Å². The van der Waals surface area contributed by atoms with Gasteiger partial charge in [0.15, 0.2) is 5.82 Å². The molecule has 0 bridgehead atoms. The van der Waals surface area contributed by atoms with Gasteiger partial charge in [-0.05, 0) is 24.3 Å². The Bertz CT molecular complexity index is 464. The first-order chi connectivity index (χ1) is 8.35. The molecule has 0 spiro atoms. The lowest BCUT2D eigenvalue weighted by Crippen LogP contribution is -2.04. The number of aromatic nitrogens is 3. The van der Waals surface area contributed by atoms with Gasteiger partial charge >= 0.3 is 0 Å². The number of ether oxygens (including phenoxy) is 1. The highest BCUT2D eigenvalue weighted by molar-refractivity contribution is 5.59. The largest absolute Gasteiger partial charge is 0.388 e. The standard InChI is InChI=1S/C12H16N4O/c1-13-11-5-3-10(4-6-11)12-15-14-9-16(12)7-8-17-2/h3-6,9,13H,7-8H2,1-2H3. The van der Waals surface area contributed by atoms with Crippen LogP contribution in [0.3, 0.4) is 0 Å². The Balaban J connectivity index is 2.23. The third kappa shape index (κ3) is 2.62. The van der Waals surface area contributed by atoms with Crippen molar-refractivity contribution >= 4 is 5.69 Å². The van der Waals surface area contributed by atoms with Crippen LogP contribution in [0.15, 0.2) is 30.6 Å². The van der Waals surface area contributed by atoms with Gasteiger partial charge in [-0.3, -0.25) is 0 Å². The zero-order valence-electron chi connectivity index (χ0n) is 10.1. The Kier molecular flexibility index (Phi) is 3.72. The van der Waals surface area contributed by atoms with E-state index >= 15 is 0 Å². The Morgan fingerprint density at radius 1 is 1.29 bits per heavy atom. The molecule has 90 valence electrons. The van der Waals surface area contributed by atoms with Crippen LogP contribution in [0.4, 0.5) is 5.69 Å². The van der Waals surface area contributed by atoms with Crippen LogP contribution >= 0.6 is 0 Å². The van der Waals surface area contributed by atoms with Crippen molar-refractivity contribution in [3.63, 3.8) is 0 Å². The molecule has 0 aliphatic carbocycles. The van der Waals surface area contributed by atoms with Crippen molar-refractivity contribution in [1.82, 2.24) is 14.8 Å². The van der Waals surface area contributed by atoms with E-state index in [1.165, 1.54) is 0 Å². The van der Waals surface area contributed by atoms with Crippen molar-refractivity contribution in [2.45, 2.75) is 6.54 Å². The summed E-state index contributed by atoms with van der Waals surface area (Å²) in [5.74, 6) is 0.865. The lowest BCUT2D eigenvalue weighted by Gasteiger charge is -2.06. The molecule has 17 heavy (non-hydrogen) atoms. The maximum Gasteiger partial charge on any atom is 0.163 e. The molecule has 0 aliphatic heterocycles. The molecule has 0 atom stereocenters. The number of benzene rings is 1. The second kappa shape index (κ2) is 5.45. The van der Waals surface area contributed by atoms with Gasteiger partial charge < -0.3 is 14.6 Å². The normalized spacial score (nSPS) is 10.5. The predicted octanol–water partition coefficient (Wildman–Crippen LogP) is 1.63. The molecule has 0 radical (unpaired) electrons. The second-order valence-electron chi connectivity index (χ2n) is 3.67. The minimum atomic E-state index is 0.652. The Labute approximate surface area is 100 Å². The molecule has 0 fully saturated rings. The molecule has 1 aromatic heterocycles. The molecule has 0 unspecified atom stereocenters. The summed E-state index contributed by atoms with van der Waals surface area (Å²) in [6.45, 7) is 1.41. The Morgan fingerprint density at radius 3 is 2.71 bits per heavy atom. The van der Waals surface area contributed by atoms with Crippen LogP contribution < -0.4 is 5.32 Å². The van der Waals surface area contributed by atoms with Crippen molar-refractivity contribution in [2.75, 3.05) is 26.1 Å². The molecule has 0 saturated carbocycles. The van der Waals surface area contributed by atoms with Crippen molar-refractivity contribution in [1.29, 1.82) is 0 Å². The van der Waals surface area contributed by atoms with Crippen LogP contribution in [0, 0.1) is 0 Å². The topological polar surface area (TPSA) is 52.0 Å². The number of hydrogen-bond donors (Lipinski definition) is 1. The van der Waals surface area contributed by atoms with E-state index in [4.69, 9.17) is 4.74 Å². The highest BCUT2D eigenvalue weighted by Crippen LogP contribution is 2.18. The van der Waals surface area contributed by atoms with Crippen molar-refractivity contribution < 1.29 is 4.74 Å². The summed E-state index contributed by atoms with van der Waals surface area (Å²) in [6.07, 6.45) is 1.72.